The number of nitrogens with one attached hydrogen (secondary N) is 1. The minimum atomic E-state index is -0.209. The Hall–Kier alpha value is -0.970. The van der Waals surface area contributed by atoms with E-state index in [-0.39, 0.29) is 12.1 Å². The van der Waals surface area contributed by atoms with Crippen LogP contribution in [-0.2, 0) is 0 Å². The summed E-state index contributed by atoms with van der Waals surface area (Å²) in [6, 6.07) is 4.69. The third kappa shape index (κ3) is 4.00. The second kappa shape index (κ2) is 5.99. The number of aliphatic hydroxyl groups excluding tert-OH is 1. The van der Waals surface area contributed by atoms with Crippen LogP contribution in [0.25, 0.3) is 0 Å². The first kappa shape index (κ1) is 14.4. The molecule has 0 bridgehead atoms. The van der Waals surface area contributed by atoms with Gasteiger partial charge in [0.15, 0.2) is 0 Å². The fraction of sp³-hybridized carbons (Fsp3) is 0.462. The highest BCUT2D eigenvalue weighted by Gasteiger charge is 2.29. The minimum absolute atomic E-state index is 0.201. The Morgan fingerprint density at radius 1 is 1.37 bits per heavy atom. The number of anilines is 1. The number of carbonyl (C=O) groups is 1. The molecule has 104 valence electrons. The molecule has 2 rings (SSSR count). The number of hydrogen-bond donors (Lipinski definition) is 2. The SMILES string of the molecule is CN(CC1CC(O)C1)C(=O)Nc1cc(Cl)cc(Cl)c1. The molecule has 1 saturated carbocycles. The molecule has 0 aromatic heterocycles. The van der Waals surface area contributed by atoms with Gasteiger partial charge in [0.25, 0.3) is 0 Å². The molecule has 2 amide bonds. The van der Waals surface area contributed by atoms with E-state index in [0.717, 1.165) is 12.8 Å². The second-order valence-electron chi connectivity index (χ2n) is 4.96. The molecule has 4 nitrogen and oxygen atoms in total. The van der Waals surface area contributed by atoms with Crippen LogP contribution in [0.2, 0.25) is 10.0 Å². The number of nitrogens with zero attached hydrogens (tertiary/aromatic N) is 1. The van der Waals surface area contributed by atoms with Gasteiger partial charge in [-0.25, -0.2) is 4.79 Å². The highest BCUT2D eigenvalue weighted by molar-refractivity contribution is 6.35. The van der Waals surface area contributed by atoms with Crippen molar-refractivity contribution < 1.29 is 9.90 Å². The molecule has 0 atom stereocenters. The Kier molecular flexibility index (Phi) is 4.55. The summed E-state index contributed by atoms with van der Waals surface area (Å²) in [5, 5.41) is 12.9. The van der Waals surface area contributed by atoms with Crippen LogP contribution in [-0.4, -0.2) is 35.7 Å². The first-order chi connectivity index (χ1) is 8.94. The number of benzene rings is 1. The van der Waals surface area contributed by atoms with E-state index in [1.165, 1.54) is 0 Å². The van der Waals surface area contributed by atoms with E-state index in [4.69, 9.17) is 23.2 Å². The molecule has 1 fully saturated rings. The molecule has 0 heterocycles. The van der Waals surface area contributed by atoms with Gasteiger partial charge >= 0.3 is 6.03 Å². The normalized spacial score (nSPS) is 21.7. The van der Waals surface area contributed by atoms with E-state index in [1.807, 2.05) is 0 Å². The average Bonchev–Trinajstić information content (AvgIpc) is 2.25. The van der Waals surface area contributed by atoms with E-state index >= 15 is 0 Å². The Morgan fingerprint density at radius 3 is 2.47 bits per heavy atom. The standard InChI is InChI=1S/C13H16Cl2N2O2/c1-17(7-8-2-12(18)3-8)13(19)16-11-5-9(14)4-10(15)6-11/h4-6,8,12,18H,2-3,7H2,1H3,(H,16,19). The largest absolute Gasteiger partial charge is 0.393 e. The van der Waals surface area contributed by atoms with Gasteiger partial charge in [-0.1, -0.05) is 23.2 Å². The van der Waals surface area contributed by atoms with Gasteiger partial charge < -0.3 is 15.3 Å². The smallest absolute Gasteiger partial charge is 0.321 e. The number of urea groups is 1. The van der Waals surface area contributed by atoms with Crippen molar-refractivity contribution >= 4 is 34.9 Å². The van der Waals surface area contributed by atoms with E-state index in [1.54, 1.807) is 30.1 Å². The summed E-state index contributed by atoms with van der Waals surface area (Å²) in [5.41, 5.74) is 0.572. The molecular weight excluding hydrogens is 287 g/mol. The Morgan fingerprint density at radius 2 is 1.95 bits per heavy atom. The van der Waals surface area contributed by atoms with Crippen LogP contribution in [0, 0.1) is 5.92 Å². The number of hydrogen-bond acceptors (Lipinski definition) is 2. The van der Waals surface area contributed by atoms with Crippen molar-refractivity contribution in [3.05, 3.63) is 28.2 Å². The van der Waals surface area contributed by atoms with E-state index in [2.05, 4.69) is 5.32 Å². The lowest BCUT2D eigenvalue weighted by Crippen LogP contribution is -2.41. The lowest BCUT2D eigenvalue weighted by molar-refractivity contribution is 0.0332. The van der Waals surface area contributed by atoms with Crippen LogP contribution < -0.4 is 5.32 Å². The van der Waals surface area contributed by atoms with Crippen LogP contribution in [0.3, 0.4) is 0 Å². The molecule has 0 unspecified atom stereocenters. The van der Waals surface area contributed by atoms with Crippen LogP contribution in [0.5, 0.6) is 0 Å². The molecule has 19 heavy (non-hydrogen) atoms. The first-order valence-electron chi connectivity index (χ1n) is 6.10. The maximum atomic E-state index is 12.0. The monoisotopic (exact) mass is 302 g/mol. The molecule has 6 heteroatoms. The quantitative estimate of drug-likeness (QED) is 0.900. The summed E-state index contributed by atoms with van der Waals surface area (Å²) in [5.74, 6) is 0.383. The minimum Gasteiger partial charge on any atom is -0.393 e. The van der Waals surface area contributed by atoms with Crippen molar-refractivity contribution in [3.8, 4) is 0 Å². The third-order valence-electron chi connectivity index (χ3n) is 3.20. The lowest BCUT2D eigenvalue weighted by atomic mass is 9.82. The number of aliphatic hydroxyl groups is 1. The fourth-order valence-corrected chi connectivity index (χ4v) is 2.69. The average molecular weight is 303 g/mol. The molecule has 0 radical (unpaired) electrons. The number of halogens is 2. The zero-order valence-corrected chi connectivity index (χ0v) is 12.1. The van der Waals surface area contributed by atoms with Crippen molar-refractivity contribution in [2.45, 2.75) is 18.9 Å². The van der Waals surface area contributed by atoms with Crippen LogP contribution >= 0.6 is 23.2 Å². The van der Waals surface area contributed by atoms with E-state index in [9.17, 15) is 9.90 Å². The van der Waals surface area contributed by atoms with Crippen molar-refractivity contribution in [1.82, 2.24) is 4.90 Å². The molecule has 0 saturated heterocycles. The molecule has 1 aromatic carbocycles. The number of amides is 2. The highest BCUT2D eigenvalue weighted by Crippen LogP contribution is 2.28. The summed E-state index contributed by atoms with van der Waals surface area (Å²) in [7, 11) is 1.73. The molecule has 1 aliphatic rings. The van der Waals surface area contributed by atoms with Crippen LogP contribution in [0.4, 0.5) is 10.5 Å². The van der Waals surface area contributed by atoms with Crippen molar-refractivity contribution in [1.29, 1.82) is 0 Å². The van der Waals surface area contributed by atoms with Gasteiger partial charge in [-0.3, -0.25) is 0 Å². The van der Waals surface area contributed by atoms with Gasteiger partial charge in [-0.05, 0) is 37.0 Å². The molecular formula is C13H16Cl2N2O2. The lowest BCUT2D eigenvalue weighted by Gasteiger charge is -2.34. The molecule has 1 aromatic rings. The predicted molar refractivity (Wildman–Crippen MR) is 76.8 cm³/mol. The van der Waals surface area contributed by atoms with E-state index < -0.39 is 0 Å². The van der Waals surface area contributed by atoms with Crippen LogP contribution in [0.1, 0.15) is 12.8 Å². The summed E-state index contributed by atoms with van der Waals surface area (Å²) in [4.78, 5) is 13.6. The van der Waals surface area contributed by atoms with Crippen molar-refractivity contribution in [2.75, 3.05) is 18.9 Å². The van der Waals surface area contributed by atoms with Gasteiger partial charge in [-0.2, -0.15) is 0 Å². The maximum Gasteiger partial charge on any atom is 0.321 e. The summed E-state index contributed by atoms with van der Waals surface area (Å²) >= 11 is 11.7. The second-order valence-corrected chi connectivity index (χ2v) is 5.83. The van der Waals surface area contributed by atoms with Crippen molar-refractivity contribution in [3.63, 3.8) is 0 Å². The van der Waals surface area contributed by atoms with Gasteiger partial charge in [0.05, 0.1) is 6.10 Å². The van der Waals surface area contributed by atoms with Crippen LogP contribution in [0.15, 0.2) is 18.2 Å². The summed E-state index contributed by atoms with van der Waals surface area (Å²) < 4.78 is 0. The Balaban J connectivity index is 1.89. The number of rotatable bonds is 3. The van der Waals surface area contributed by atoms with E-state index in [0.29, 0.717) is 28.2 Å². The molecule has 0 spiro atoms. The summed E-state index contributed by atoms with van der Waals surface area (Å²) in [6.45, 7) is 0.636. The van der Waals surface area contributed by atoms with Gasteiger partial charge in [0, 0.05) is 29.3 Å². The highest BCUT2D eigenvalue weighted by atomic mass is 35.5. The summed E-state index contributed by atoms with van der Waals surface area (Å²) in [6.07, 6.45) is 1.33. The fourth-order valence-electron chi connectivity index (χ4n) is 2.16. The van der Waals surface area contributed by atoms with Gasteiger partial charge in [0.2, 0.25) is 0 Å². The third-order valence-corrected chi connectivity index (χ3v) is 3.64. The predicted octanol–water partition coefficient (Wildman–Crippen LogP) is 3.23. The Bertz CT molecular complexity index is 455. The number of carbonyl (C=O) groups excluding carboxylic acids is 1. The molecule has 2 N–H and O–H groups in total. The van der Waals surface area contributed by atoms with Crippen molar-refractivity contribution in [2.24, 2.45) is 5.92 Å². The van der Waals surface area contributed by atoms with Gasteiger partial charge in [0.1, 0.15) is 0 Å². The maximum absolute atomic E-state index is 12.0. The van der Waals surface area contributed by atoms with Gasteiger partial charge in [-0.15, -0.1) is 0 Å². The zero-order valence-electron chi connectivity index (χ0n) is 10.6. The topological polar surface area (TPSA) is 52.6 Å². The zero-order chi connectivity index (χ0) is 14.0. The molecule has 1 aliphatic carbocycles. The Labute approximate surface area is 122 Å². The molecule has 0 aliphatic heterocycles. The first-order valence-corrected chi connectivity index (χ1v) is 6.86.